The summed E-state index contributed by atoms with van der Waals surface area (Å²) in [4.78, 5) is 14.8. The fraction of sp³-hybridized carbons (Fsp3) is 0.647. The molecule has 0 saturated heterocycles. The monoisotopic (exact) mass is 364 g/mol. The van der Waals surface area contributed by atoms with Crippen molar-refractivity contribution in [3.05, 3.63) is 27.3 Å². The first-order valence-corrected chi connectivity index (χ1v) is 9.58. The Labute approximate surface area is 153 Å². The van der Waals surface area contributed by atoms with Crippen LogP contribution in [0.25, 0.3) is 0 Å². The Morgan fingerprint density at radius 1 is 1.24 bits per heavy atom. The molecule has 0 aliphatic heterocycles. The van der Waals surface area contributed by atoms with Gasteiger partial charge in [-0.1, -0.05) is 19.0 Å². The number of hydrogen-bond acceptors (Lipinski definition) is 6. The number of nitrogens with one attached hydrogen (secondary N) is 2. The third-order valence-corrected chi connectivity index (χ3v) is 4.71. The topological polar surface area (TPSA) is 88.2 Å². The second-order valence-corrected chi connectivity index (χ2v) is 7.46. The van der Waals surface area contributed by atoms with Gasteiger partial charge in [0.05, 0.1) is 12.2 Å². The van der Waals surface area contributed by atoms with Crippen molar-refractivity contribution in [2.45, 2.75) is 59.9 Å². The van der Waals surface area contributed by atoms with Crippen LogP contribution in [-0.4, -0.2) is 34.2 Å². The summed E-state index contributed by atoms with van der Waals surface area (Å²) < 4.78 is 5.26. The van der Waals surface area contributed by atoms with E-state index in [9.17, 15) is 0 Å². The van der Waals surface area contributed by atoms with Crippen LogP contribution in [0.1, 0.15) is 60.4 Å². The van der Waals surface area contributed by atoms with Gasteiger partial charge in [0.2, 0.25) is 5.89 Å². The highest BCUT2D eigenvalue weighted by molar-refractivity contribution is 7.11. The minimum Gasteiger partial charge on any atom is -0.357 e. The molecule has 0 aliphatic rings. The molecule has 0 atom stereocenters. The van der Waals surface area contributed by atoms with E-state index in [1.54, 1.807) is 11.3 Å². The van der Waals surface area contributed by atoms with Crippen LogP contribution in [0.15, 0.2) is 9.52 Å². The Kier molecular flexibility index (Phi) is 7.36. The summed E-state index contributed by atoms with van der Waals surface area (Å²) in [5.74, 6) is 2.57. The van der Waals surface area contributed by atoms with E-state index in [0.29, 0.717) is 18.4 Å². The first kappa shape index (κ1) is 19.4. The minimum absolute atomic E-state index is 0.293. The average molecular weight is 365 g/mol. The summed E-state index contributed by atoms with van der Waals surface area (Å²) in [5.41, 5.74) is 1.09. The molecular weight excluding hydrogens is 336 g/mol. The molecule has 0 amide bonds. The summed E-state index contributed by atoms with van der Waals surface area (Å²) in [7, 11) is 0. The smallest absolute Gasteiger partial charge is 0.226 e. The Hall–Kier alpha value is -1.96. The molecule has 0 saturated carbocycles. The number of rotatable bonds is 8. The minimum atomic E-state index is 0.293. The molecule has 2 N–H and O–H groups in total. The zero-order chi connectivity index (χ0) is 18.2. The largest absolute Gasteiger partial charge is 0.357 e. The summed E-state index contributed by atoms with van der Waals surface area (Å²) in [5, 5.41) is 11.6. The lowest BCUT2D eigenvalue weighted by atomic mass is 10.2. The number of nitrogens with zero attached hydrogens (tertiary/aromatic N) is 4. The first-order chi connectivity index (χ1) is 12.0. The van der Waals surface area contributed by atoms with E-state index < -0.39 is 0 Å². The Morgan fingerprint density at radius 2 is 2.04 bits per heavy atom. The quantitative estimate of drug-likeness (QED) is 0.425. The van der Waals surface area contributed by atoms with Crippen molar-refractivity contribution in [1.29, 1.82) is 0 Å². The SMILES string of the molecule is CCNC(=NCc1nc(C)c(C)s1)NCCCc1nc(C(C)C)no1. The molecule has 0 unspecified atom stereocenters. The van der Waals surface area contributed by atoms with Crippen molar-refractivity contribution in [1.82, 2.24) is 25.8 Å². The van der Waals surface area contributed by atoms with E-state index in [-0.39, 0.29) is 0 Å². The maximum atomic E-state index is 5.26. The highest BCUT2D eigenvalue weighted by atomic mass is 32.1. The van der Waals surface area contributed by atoms with Crippen molar-refractivity contribution in [2.75, 3.05) is 13.1 Å². The fourth-order valence-corrected chi connectivity index (χ4v) is 3.00. The molecule has 0 fully saturated rings. The van der Waals surface area contributed by atoms with Crippen LogP contribution < -0.4 is 10.6 Å². The standard InChI is InChI=1S/C17H28N6OS/c1-6-18-17(20-10-15-21-12(4)13(5)25-15)19-9-7-8-14-22-16(11(2)3)23-24-14/h11H,6-10H2,1-5H3,(H2,18,19,20). The second-order valence-electron chi connectivity index (χ2n) is 6.18. The molecular formula is C17H28N6OS. The lowest BCUT2D eigenvalue weighted by molar-refractivity contribution is 0.368. The van der Waals surface area contributed by atoms with Gasteiger partial charge in [0.25, 0.3) is 0 Å². The van der Waals surface area contributed by atoms with Crippen molar-refractivity contribution in [3.63, 3.8) is 0 Å². The number of guanidine groups is 1. The van der Waals surface area contributed by atoms with Crippen LogP contribution >= 0.6 is 11.3 Å². The number of aryl methyl sites for hydroxylation is 3. The van der Waals surface area contributed by atoms with E-state index in [2.05, 4.69) is 58.4 Å². The molecule has 2 aromatic rings. The molecule has 0 aliphatic carbocycles. The molecule has 25 heavy (non-hydrogen) atoms. The molecule has 0 radical (unpaired) electrons. The third kappa shape index (κ3) is 6.12. The summed E-state index contributed by atoms with van der Waals surface area (Å²) in [6, 6.07) is 0. The summed E-state index contributed by atoms with van der Waals surface area (Å²) >= 11 is 1.70. The van der Waals surface area contributed by atoms with Crippen LogP contribution in [0, 0.1) is 13.8 Å². The lowest BCUT2D eigenvalue weighted by Gasteiger charge is -2.10. The first-order valence-electron chi connectivity index (χ1n) is 8.77. The predicted molar refractivity (Wildman–Crippen MR) is 101 cm³/mol. The number of aliphatic imine (C=N–C) groups is 1. The average Bonchev–Trinajstić information content (AvgIpc) is 3.16. The number of thiazole rings is 1. The van der Waals surface area contributed by atoms with Crippen molar-refractivity contribution >= 4 is 17.3 Å². The Morgan fingerprint density at radius 3 is 2.64 bits per heavy atom. The zero-order valence-electron chi connectivity index (χ0n) is 15.7. The second kappa shape index (κ2) is 9.50. The van der Waals surface area contributed by atoms with Crippen LogP contribution in [0.3, 0.4) is 0 Å². The molecule has 0 spiro atoms. The molecule has 2 heterocycles. The normalized spacial score (nSPS) is 12.0. The fourth-order valence-electron chi connectivity index (χ4n) is 2.15. The molecule has 7 nitrogen and oxygen atoms in total. The maximum absolute atomic E-state index is 5.26. The van der Waals surface area contributed by atoms with Crippen LogP contribution in [0.2, 0.25) is 0 Å². The van der Waals surface area contributed by atoms with Gasteiger partial charge in [0.1, 0.15) is 5.01 Å². The van der Waals surface area contributed by atoms with Crippen LogP contribution in [-0.2, 0) is 13.0 Å². The molecule has 138 valence electrons. The van der Waals surface area contributed by atoms with Gasteiger partial charge >= 0.3 is 0 Å². The maximum Gasteiger partial charge on any atom is 0.226 e. The number of hydrogen-bond donors (Lipinski definition) is 2. The molecule has 0 aromatic carbocycles. The van der Waals surface area contributed by atoms with Crippen LogP contribution in [0.4, 0.5) is 0 Å². The summed E-state index contributed by atoms with van der Waals surface area (Å²) in [6.07, 6.45) is 1.66. The van der Waals surface area contributed by atoms with E-state index in [4.69, 9.17) is 4.52 Å². The van der Waals surface area contributed by atoms with Gasteiger partial charge in [0.15, 0.2) is 11.8 Å². The van der Waals surface area contributed by atoms with Gasteiger partial charge in [0, 0.05) is 30.3 Å². The Bertz CT molecular complexity index is 672. The van der Waals surface area contributed by atoms with Gasteiger partial charge in [-0.15, -0.1) is 11.3 Å². The van der Waals surface area contributed by atoms with Gasteiger partial charge in [-0.3, -0.25) is 0 Å². The zero-order valence-corrected chi connectivity index (χ0v) is 16.5. The lowest BCUT2D eigenvalue weighted by Crippen LogP contribution is -2.37. The Balaban J connectivity index is 1.79. The third-order valence-electron chi connectivity index (χ3n) is 3.65. The van der Waals surface area contributed by atoms with Gasteiger partial charge in [-0.25, -0.2) is 9.98 Å². The van der Waals surface area contributed by atoms with Gasteiger partial charge < -0.3 is 15.2 Å². The van der Waals surface area contributed by atoms with Crippen LogP contribution in [0.5, 0.6) is 0 Å². The molecule has 8 heteroatoms. The van der Waals surface area contributed by atoms with E-state index in [1.165, 1.54) is 4.88 Å². The van der Waals surface area contributed by atoms with Gasteiger partial charge in [-0.2, -0.15) is 4.98 Å². The highest BCUT2D eigenvalue weighted by Gasteiger charge is 2.09. The molecule has 2 rings (SSSR count). The summed E-state index contributed by atoms with van der Waals surface area (Å²) in [6.45, 7) is 12.5. The van der Waals surface area contributed by atoms with E-state index in [1.807, 2.05) is 6.92 Å². The van der Waals surface area contributed by atoms with Gasteiger partial charge in [-0.05, 0) is 27.2 Å². The van der Waals surface area contributed by atoms with Crippen molar-refractivity contribution < 1.29 is 4.52 Å². The predicted octanol–water partition coefficient (Wildman–Crippen LogP) is 2.95. The van der Waals surface area contributed by atoms with E-state index >= 15 is 0 Å². The molecule has 0 bridgehead atoms. The van der Waals surface area contributed by atoms with Crippen molar-refractivity contribution in [2.24, 2.45) is 4.99 Å². The van der Waals surface area contributed by atoms with E-state index in [0.717, 1.165) is 48.4 Å². The van der Waals surface area contributed by atoms with Crippen molar-refractivity contribution in [3.8, 4) is 0 Å². The highest BCUT2D eigenvalue weighted by Crippen LogP contribution is 2.16. The number of aromatic nitrogens is 3. The molecule has 2 aromatic heterocycles.